The lowest BCUT2D eigenvalue weighted by atomic mass is 9.99. The molecule has 0 fully saturated rings. The maximum atomic E-state index is 13.3. The van der Waals surface area contributed by atoms with Gasteiger partial charge in [0.2, 0.25) is 0 Å². The highest BCUT2D eigenvalue weighted by Gasteiger charge is 2.14. The monoisotopic (exact) mass is 260 g/mol. The minimum Gasteiger partial charge on any atom is -0.388 e. The predicted molar refractivity (Wildman–Crippen MR) is 58.5 cm³/mol. The van der Waals surface area contributed by atoms with Crippen LogP contribution in [-0.2, 0) is 0 Å². The molecule has 0 heterocycles. The molecule has 1 aromatic rings. The van der Waals surface area contributed by atoms with Gasteiger partial charge in [0.15, 0.2) is 0 Å². The predicted octanol–water partition coefficient (Wildman–Crippen LogP) is 3.67. The lowest BCUT2D eigenvalue weighted by Crippen LogP contribution is -2.04. The molecule has 1 N–H and O–H groups in total. The maximum absolute atomic E-state index is 13.3. The molecule has 14 heavy (non-hydrogen) atoms. The molecule has 0 amide bonds. The van der Waals surface area contributed by atoms with Crippen LogP contribution >= 0.6 is 15.9 Å². The van der Waals surface area contributed by atoms with Gasteiger partial charge in [-0.15, -0.1) is 0 Å². The van der Waals surface area contributed by atoms with E-state index in [1.165, 1.54) is 6.07 Å². The van der Waals surface area contributed by atoms with Gasteiger partial charge in [-0.2, -0.15) is 0 Å². The van der Waals surface area contributed by atoms with E-state index in [9.17, 15) is 9.50 Å². The average molecular weight is 261 g/mol. The molecule has 1 rings (SSSR count). The van der Waals surface area contributed by atoms with E-state index in [1.54, 1.807) is 12.1 Å². The van der Waals surface area contributed by atoms with Gasteiger partial charge in [-0.1, -0.05) is 29.8 Å². The van der Waals surface area contributed by atoms with Crippen molar-refractivity contribution in [1.82, 2.24) is 0 Å². The summed E-state index contributed by atoms with van der Waals surface area (Å²) in [5, 5.41) is 9.74. The molecule has 78 valence electrons. The third-order valence-corrected chi connectivity index (χ3v) is 2.50. The van der Waals surface area contributed by atoms with Crippen LogP contribution in [0, 0.1) is 11.7 Å². The van der Waals surface area contributed by atoms with Crippen molar-refractivity contribution >= 4 is 15.9 Å². The first-order valence-electron chi connectivity index (χ1n) is 4.63. The molecular weight excluding hydrogens is 247 g/mol. The second-order valence-corrected chi connectivity index (χ2v) is 4.73. The van der Waals surface area contributed by atoms with E-state index in [1.807, 2.05) is 13.8 Å². The molecule has 1 aromatic carbocycles. The number of benzene rings is 1. The van der Waals surface area contributed by atoms with Crippen molar-refractivity contribution in [1.29, 1.82) is 0 Å². The normalized spacial score (nSPS) is 13.3. The summed E-state index contributed by atoms with van der Waals surface area (Å²) in [5.41, 5.74) is 0.369. The van der Waals surface area contributed by atoms with Crippen molar-refractivity contribution in [2.24, 2.45) is 5.92 Å². The Kier molecular flexibility index (Phi) is 4.08. The van der Waals surface area contributed by atoms with Crippen molar-refractivity contribution in [2.75, 3.05) is 0 Å². The van der Waals surface area contributed by atoms with E-state index in [-0.39, 0.29) is 5.82 Å². The van der Waals surface area contributed by atoms with Crippen molar-refractivity contribution < 1.29 is 9.50 Å². The number of aliphatic hydroxyl groups excluding tert-OH is 1. The standard InChI is InChI=1S/C11H14BrFO/c1-7(2)5-11(14)9-6-8(12)3-4-10(9)13/h3-4,6-7,11,14H,5H2,1-2H3. The largest absolute Gasteiger partial charge is 0.388 e. The third kappa shape index (κ3) is 3.07. The van der Waals surface area contributed by atoms with Crippen molar-refractivity contribution in [3.05, 3.63) is 34.1 Å². The zero-order valence-electron chi connectivity index (χ0n) is 8.30. The minimum absolute atomic E-state index is 0.346. The highest BCUT2D eigenvalue weighted by Crippen LogP contribution is 2.26. The van der Waals surface area contributed by atoms with Gasteiger partial charge in [0.25, 0.3) is 0 Å². The molecule has 1 unspecified atom stereocenters. The quantitative estimate of drug-likeness (QED) is 0.880. The lowest BCUT2D eigenvalue weighted by molar-refractivity contribution is 0.146. The molecule has 3 heteroatoms. The molecule has 0 spiro atoms. The summed E-state index contributed by atoms with van der Waals surface area (Å²) in [6.45, 7) is 4.00. The Hall–Kier alpha value is -0.410. The van der Waals surface area contributed by atoms with Crippen LogP contribution in [0.15, 0.2) is 22.7 Å². The van der Waals surface area contributed by atoms with Crippen molar-refractivity contribution in [3.8, 4) is 0 Å². The fourth-order valence-corrected chi connectivity index (χ4v) is 1.72. The molecule has 0 bridgehead atoms. The molecule has 0 saturated carbocycles. The maximum Gasteiger partial charge on any atom is 0.129 e. The summed E-state index contributed by atoms with van der Waals surface area (Å²) < 4.78 is 14.1. The second-order valence-electron chi connectivity index (χ2n) is 3.81. The van der Waals surface area contributed by atoms with Crippen LogP contribution < -0.4 is 0 Å². The van der Waals surface area contributed by atoms with Crippen LogP contribution in [0.1, 0.15) is 31.9 Å². The fourth-order valence-electron chi connectivity index (χ4n) is 1.34. The third-order valence-electron chi connectivity index (χ3n) is 2.01. The highest BCUT2D eigenvalue weighted by atomic mass is 79.9. The molecule has 0 aliphatic rings. The number of aliphatic hydroxyl groups is 1. The topological polar surface area (TPSA) is 20.2 Å². The van der Waals surface area contributed by atoms with Crippen LogP contribution in [0.5, 0.6) is 0 Å². The van der Waals surface area contributed by atoms with E-state index in [0.717, 1.165) is 4.47 Å². The van der Waals surface area contributed by atoms with E-state index >= 15 is 0 Å². The summed E-state index contributed by atoms with van der Waals surface area (Å²) in [6, 6.07) is 4.62. The van der Waals surface area contributed by atoms with Crippen LogP contribution in [-0.4, -0.2) is 5.11 Å². The van der Waals surface area contributed by atoms with E-state index in [0.29, 0.717) is 17.9 Å². The first-order chi connectivity index (χ1) is 6.50. The van der Waals surface area contributed by atoms with Crippen molar-refractivity contribution in [3.63, 3.8) is 0 Å². The van der Waals surface area contributed by atoms with Crippen LogP contribution in [0.2, 0.25) is 0 Å². The lowest BCUT2D eigenvalue weighted by Gasteiger charge is -2.14. The summed E-state index contributed by atoms with van der Waals surface area (Å²) in [5.74, 6) is 0.00438. The van der Waals surface area contributed by atoms with Gasteiger partial charge in [-0.05, 0) is 30.5 Å². The highest BCUT2D eigenvalue weighted by molar-refractivity contribution is 9.10. The van der Waals surface area contributed by atoms with Gasteiger partial charge < -0.3 is 5.11 Å². The summed E-state index contributed by atoms with van der Waals surface area (Å²) in [7, 11) is 0. The SMILES string of the molecule is CC(C)CC(O)c1cc(Br)ccc1F. The molecule has 0 saturated heterocycles. The number of hydrogen-bond acceptors (Lipinski definition) is 1. The van der Waals surface area contributed by atoms with Gasteiger partial charge in [0, 0.05) is 10.0 Å². The van der Waals surface area contributed by atoms with Gasteiger partial charge >= 0.3 is 0 Å². The molecule has 1 atom stereocenters. The Bertz CT molecular complexity index is 312. The van der Waals surface area contributed by atoms with Gasteiger partial charge in [-0.25, -0.2) is 4.39 Å². The minimum atomic E-state index is -0.715. The van der Waals surface area contributed by atoms with Crippen LogP contribution in [0.25, 0.3) is 0 Å². The summed E-state index contributed by atoms with van der Waals surface area (Å²) >= 11 is 3.25. The van der Waals surface area contributed by atoms with Crippen LogP contribution in [0.3, 0.4) is 0 Å². The van der Waals surface area contributed by atoms with E-state index in [2.05, 4.69) is 15.9 Å². The molecule has 0 aliphatic heterocycles. The molecule has 1 nitrogen and oxygen atoms in total. The van der Waals surface area contributed by atoms with Crippen LogP contribution in [0.4, 0.5) is 4.39 Å². The van der Waals surface area contributed by atoms with Gasteiger partial charge in [-0.3, -0.25) is 0 Å². The van der Waals surface area contributed by atoms with Gasteiger partial charge in [0.1, 0.15) is 5.82 Å². The van der Waals surface area contributed by atoms with Crippen molar-refractivity contribution in [2.45, 2.75) is 26.4 Å². The van der Waals surface area contributed by atoms with E-state index in [4.69, 9.17) is 0 Å². The smallest absolute Gasteiger partial charge is 0.129 e. The Balaban J connectivity index is 2.88. The second kappa shape index (κ2) is 4.89. The number of rotatable bonds is 3. The summed E-state index contributed by atoms with van der Waals surface area (Å²) in [4.78, 5) is 0. The average Bonchev–Trinajstić information content (AvgIpc) is 2.08. The van der Waals surface area contributed by atoms with Gasteiger partial charge in [0.05, 0.1) is 6.10 Å². The zero-order chi connectivity index (χ0) is 10.7. The molecule has 0 aromatic heterocycles. The Morgan fingerprint density at radius 1 is 1.43 bits per heavy atom. The van der Waals surface area contributed by atoms with E-state index < -0.39 is 6.10 Å². The molecule has 0 radical (unpaired) electrons. The molecular formula is C11H14BrFO. The Labute approximate surface area is 92.1 Å². The Morgan fingerprint density at radius 2 is 2.07 bits per heavy atom. The molecule has 0 aliphatic carbocycles. The summed E-state index contributed by atoms with van der Waals surface area (Å²) in [6.07, 6.45) is -0.139. The number of halogens is 2. The first-order valence-corrected chi connectivity index (χ1v) is 5.43. The zero-order valence-corrected chi connectivity index (χ0v) is 9.88. The Morgan fingerprint density at radius 3 is 2.64 bits per heavy atom. The number of hydrogen-bond donors (Lipinski definition) is 1. The first kappa shape index (κ1) is 11.7. The fraction of sp³-hybridized carbons (Fsp3) is 0.455.